The number of amidine groups is 1. The van der Waals surface area contributed by atoms with Crippen molar-refractivity contribution >= 4 is 11.7 Å². The van der Waals surface area contributed by atoms with Gasteiger partial charge in [-0.25, -0.2) is 0 Å². The van der Waals surface area contributed by atoms with Gasteiger partial charge in [0.2, 0.25) is 5.91 Å². The molecule has 0 saturated carbocycles. The lowest BCUT2D eigenvalue weighted by molar-refractivity contribution is -0.137. The van der Waals surface area contributed by atoms with Crippen molar-refractivity contribution in [2.75, 3.05) is 26.3 Å². The van der Waals surface area contributed by atoms with Crippen molar-refractivity contribution in [3.8, 4) is 0 Å². The fourth-order valence-electron chi connectivity index (χ4n) is 1.27. The highest BCUT2D eigenvalue weighted by atomic mass is 16.5. The van der Waals surface area contributed by atoms with Crippen molar-refractivity contribution in [1.82, 2.24) is 4.90 Å². The molecule has 6 heteroatoms. The van der Waals surface area contributed by atoms with Crippen molar-refractivity contribution in [2.24, 2.45) is 16.8 Å². The number of oxime groups is 1. The van der Waals surface area contributed by atoms with E-state index in [1.807, 2.05) is 0 Å². The largest absolute Gasteiger partial charge is 0.409 e. The normalized spacial score (nSPS) is 20.6. The SMILES string of the molecule is CC(C(=O)N1CCOCC1)/C(N)=N/O. The Morgan fingerprint density at radius 2 is 2.14 bits per heavy atom. The first-order valence-corrected chi connectivity index (χ1v) is 4.50. The van der Waals surface area contributed by atoms with Gasteiger partial charge in [0, 0.05) is 13.1 Å². The number of carbonyl (C=O) groups excluding carboxylic acids is 1. The summed E-state index contributed by atoms with van der Waals surface area (Å²) >= 11 is 0. The van der Waals surface area contributed by atoms with E-state index in [0.717, 1.165) is 0 Å². The zero-order valence-corrected chi connectivity index (χ0v) is 8.14. The fourth-order valence-corrected chi connectivity index (χ4v) is 1.27. The number of morpholine rings is 1. The van der Waals surface area contributed by atoms with Gasteiger partial charge in [0.15, 0.2) is 5.84 Å². The van der Waals surface area contributed by atoms with Crippen LogP contribution in [-0.4, -0.2) is 48.2 Å². The molecule has 1 heterocycles. The minimum atomic E-state index is -0.571. The highest BCUT2D eigenvalue weighted by molar-refractivity contribution is 6.01. The van der Waals surface area contributed by atoms with Crippen LogP contribution in [0.1, 0.15) is 6.92 Å². The van der Waals surface area contributed by atoms with E-state index >= 15 is 0 Å². The minimum Gasteiger partial charge on any atom is -0.409 e. The molecule has 0 aliphatic carbocycles. The second-order valence-electron chi connectivity index (χ2n) is 3.18. The van der Waals surface area contributed by atoms with Crippen LogP contribution in [0.25, 0.3) is 0 Å². The number of amides is 1. The maximum atomic E-state index is 11.7. The first kappa shape index (κ1) is 10.8. The summed E-state index contributed by atoms with van der Waals surface area (Å²) in [7, 11) is 0. The highest BCUT2D eigenvalue weighted by Crippen LogP contribution is 2.05. The number of hydrogen-bond acceptors (Lipinski definition) is 4. The summed E-state index contributed by atoms with van der Waals surface area (Å²) in [6.45, 7) is 3.86. The molecule has 3 N–H and O–H groups in total. The quantitative estimate of drug-likeness (QED) is 0.266. The van der Waals surface area contributed by atoms with E-state index in [1.54, 1.807) is 11.8 Å². The average molecular weight is 201 g/mol. The molecule has 80 valence electrons. The molecule has 0 aromatic heterocycles. The van der Waals surface area contributed by atoms with Crippen LogP contribution < -0.4 is 5.73 Å². The number of hydrogen-bond donors (Lipinski definition) is 2. The standard InChI is InChI=1S/C8H15N3O3/c1-6(7(9)10-13)8(12)11-2-4-14-5-3-11/h6,13H,2-5H2,1H3,(H2,9,10). The van der Waals surface area contributed by atoms with E-state index < -0.39 is 5.92 Å². The Morgan fingerprint density at radius 1 is 1.57 bits per heavy atom. The van der Waals surface area contributed by atoms with Crippen LogP contribution in [0.5, 0.6) is 0 Å². The van der Waals surface area contributed by atoms with Crippen LogP contribution in [0, 0.1) is 5.92 Å². The third kappa shape index (κ3) is 2.35. The first-order valence-electron chi connectivity index (χ1n) is 4.50. The van der Waals surface area contributed by atoms with E-state index in [1.165, 1.54) is 0 Å². The minimum absolute atomic E-state index is 0.0542. The molecule has 6 nitrogen and oxygen atoms in total. The van der Waals surface area contributed by atoms with Gasteiger partial charge >= 0.3 is 0 Å². The Hall–Kier alpha value is -1.30. The Kier molecular flexibility index (Phi) is 3.70. The van der Waals surface area contributed by atoms with E-state index in [0.29, 0.717) is 26.3 Å². The number of ether oxygens (including phenoxy) is 1. The van der Waals surface area contributed by atoms with E-state index in [-0.39, 0.29) is 11.7 Å². The first-order chi connectivity index (χ1) is 6.66. The van der Waals surface area contributed by atoms with Gasteiger partial charge in [0.05, 0.1) is 19.1 Å². The van der Waals surface area contributed by atoms with Crippen LogP contribution in [0.4, 0.5) is 0 Å². The number of nitrogens with two attached hydrogens (primary N) is 1. The molecule has 1 aliphatic heterocycles. The molecule has 1 aliphatic rings. The summed E-state index contributed by atoms with van der Waals surface area (Å²) in [6, 6.07) is 0. The lowest BCUT2D eigenvalue weighted by Crippen LogP contribution is -2.46. The zero-order valence-electron chi connectivity index (χ0n) is 8.14. The molecule has 1 amide bonds. The molecule has 0 bridgehead atoms. The third-order valence-corrected chi connectivity index (χ3v) is 2.25. The monoisotopic (exact) mass is 201 g/mol. The average Bonchev–Trinajstić information content (AvgIpc) is 2.27. The van der Waals surface area contributed by atoms with E-state index in [2.05, 4.69) is 5.16 Å². The molecule has 1 atom stereocenters. The molecule has 0 spiro atoms. The Bertz CT molecular complexity index is 236. The number of rotatable bonds is 2. The van der Waals surface area contributed by atoms with Gasteiger partial charge in [-0.05, 0) is 6.92 Å². The molecular formula is C8H15N3O3. The summed E-state index contributed by atoms with van der Waals surface area (Å²) in [6.07, 6.45) is 0. The van der Waals surface area contributed by atoms with Crippen LogP contribution in [0.2, 0.25) is 0 Å². The molecule has 1 saturated heterocycles. The molecule has 0 radical (unpaired) electrons. The zero-order chi connectivity index (χ0) is 10.6. The smallest absolute Gasteiger partial charge is 0.233 e. The van der Waals surface area contributed by atoms with Crippen LogP contribution in [-0.2, 0) is 9.53 Å². The summed E-state index contributed by atoms with van der Waals surface area (Å²) in [5.74, 6) is -0.747. The highest BCUT2D eigenvalue weighted by Gasteiger charge is 2.24. The maximum absolute atomic E-state index is 11.7. The van der Waals surface area contributed by atoms with Gasteiger partial charge in [-0.2, -0.15) is 0 Å². The summed E-state index contributed by atoms with van der Waals surface area (Å²) < 4.78 is 5.11. The van der Waals surface area contributed by atoms with Crippen LogP contribution in [0.15, 0.2) is 5.16 Å². The van der Waals surface area contributed by atoms with Gasteiger partial charge in [0.1, 0.15) is 0 Å². The molecule has 14 heavy (non-hydrogen) atoms. The van der Waals surface area contributed by atoms with Crippen LogP contribution >= 0.6 is 0 Å². The molecule has 1 fully saturated rings. The Labute approximate surface area is 82.3 Å². The van der Waals surface area contributed by atoms with Gasteiger partial charge in [-0.1, -0.05) is 5.16 Å². The summed E-state index contributed by atoms with van der Waals surface area (Å²) in [4.78, 5) is 13.4. The van der Waals surface area contributed by atoms with Gasteiger partial charge in [-0.15, -0.1) is 0 Å². The molecule has 0 aromatic carbocycles. The number of nitrogens with zero attached hydrogens (tertiary/aromatic N) is 2. The second-order valence-corrected chi connectivity index (χ2v) is 3.18. The van der Waals surface area contributed by atoms with Gasteiger partial charge in [-0.3, -0.25) is 4.79 Å². The molecule has 1 rings (SSSR count). The molecular weight excluding hydrogens is 186 g/mol. The fraction of sp³-hybridized carbons (Fsp3) is 0.750. The van der Waals surface area contributed by atoms with Gasteiger partial charge in [0.25, 0.3) is 0 Å². The van der Waals surface area contributed by atoms with Crippen molar-refractivity contribution < 1.29 is 14.7 Å². The van der Waals surface area contributed by atoms with E-state index in [4.69, 9.17) is 15.7 Å². The van der Waals surface area contributed by atoms with Crippen molar-refractivity contribution in [1.29, 1.82) is 0 Å². The van der Waals surface area contributed by atoms with E-state index in [9.17, 15) is 4.79 Å². The van der Waals surface area contributed by atoms with Gasteiger partial charge < -0.3 is 20.6 Å². The third-order valence-electron chi connectivity index (χ3n) is 2.25. The summed E-state index contributed by atoms with van der Waals surface area (Å²) in [5, 5.41) is 11.2. The number of carbonyl (C=O) groups is 1. The van der Waals surface area contributed by atoms with Crippen LogP contribution in [0.3, 0.4) is 0 Å². The molecule has 0 aromatic rings. The lowest BCUT2D eigenvalue weighted by Gasteiger charge is -2.28. The second kappa shape index (κ2) is 4.80. The Morgan fingerprint density at radius 3 is 2.64 bits per heavy atom. The van der Waals surface area contributed by atoms with Crippen molar-refractivity contribution in [3.63, 3.8) is 0 Å². The predicted octanol–water partition coefficient (Wildman–Crippen LogP) is -0.772. The van der Waals surface area contributed by atoms with Crippen molar-refractivity contribution in [3.05, 3.63) is 0 Å². The Balaban J connectivity index is 2.54. The molecule has 1 unspecified atom stereocenters. The maximum Gasteiger partial charge on any atom is 0.233 e. The topological polar surface area (TPSA) is 88.2 Å². The lowest BCUT2D eigenvalue weighted by atomic mass is 10.1. The predicted molar refractivity (Wildman–Crippen MR) is 50.0 cm³/mol. The summed E-state index contributed by atoms with van der Waals surface area (Å²) in [5.41, 5.74) is 5.35. The van der Waals surface area contributed by atoms with Crippen molar-refractivity contribution in [2.45, 2.75) is 6.92 Å².